The lowest BCUT2D eigenvalue weighted by molar-refractivity contribution is 1.58. The van der Waals surface area contributed by atoms with Gasteiger partial charge in [-0.1, -0.05) is 58.8 Å². The molecule has 0 fully saturated rings. The Morgan fingerprint density at radius 3 is 1.00 bits per heavy atom. The fourth-order valence-electron chi connectivity index (χ4n) is 1.88. The molecule has 0 N–H and O–H groups in total. The highest BCUT2D eigenvalue weighted by atomic mass is 29.6. The molecule has 73 valence electrons. The average Bonchev–Trinajstić information content (AvgIpc) is 1.81. The van der Waals surface area contributed by atoms with Crippen molar-refractivity contribution in [3.8, 4) is 0 Å². The zero-order valence-electron chi connectivity index (χ0n) is 9.91. The Labute approximate surface area is 81.4 Å². The Bertz CT molecular complexity index is 136. The Balaban J connectivity index is 4.95. The van der Waals surface area contributed by atoms with Gasteiger partial charge in [-0.3, -0.25) is 0 Å². The van der Waals surface area contributed by atoms with Crippen molar-refractivity contribution >= 4 is 22.3 Å². The van der Waals surface area contributed by atoms with E-state index in [0.717, 1.165) is 0 Å². The maximum absolute atomic E-state index is 4.22. The molecule has 1 radical (unpaired) electrons. The lowest BCUT2D eigenvalue weighted by atomic mass is 11.0. The van der Waals surface area contributed by atoms with Crippen LogP contribution in [0.4, 0.5) is 0 Å². The van der Waals surface area contributed by atoms with E-state index >= 15 is 0 Å². The zero-order valence-corrected chi connectivity index (χ0v) is 12.9. The largest absolute Gasteiger partial charge is 0.0729 e. The second-order valence-electron chi connectivity index (χ2n) is 6.08. The molecule has 0 atom stereocenters. The van der Waals surface area contributed by atoms with Crippen LogP contribution in [0.1, 0.15) is 0 Å². The van der Waals surface area contributed by atoms with Crippen molar-refractivity contribution in [2.45, 2.75) is 51.9 Å². The molecule has 0 heterocycles. The first-order chi connectivity index (χ1) is 5.06. The third-order valence-electron chi connectivity index (χ3n) is 3.81. The van der Waals surface area contributed by atoms with Crippen LogP contribution in [0.15, 0.2) is 0 Å². The standard InChI is InChI=1S/C9H25Si3/c1-9-12(8,10(2,3)4)11(5,6)7/h1,9H2,2-8H3. The fourth-order valence-corrected chi connectivity index (χ4v) is 37.1. The quantitative estimate of drug-likeness (QED) is 0.632. The van der Waals surface area contributed by atoms with E-state index in [1.165, 1.54) is 6.04 Å². The van der Waals surface area contributed by atoms with Gasteiger partial charge in [0.2, 0.25) is 0 Å². The van der Waals surface area contributed by atoms with Crippen molar-refractivity contribution < 1.29 is 0 Å². The molecule has 0 aliphatic heterocycles. The van der Waals surface area contributed by atoms with Crippen LogP contribution in [-0.4, -0.2) is 22.3 Å². The van der Waals surface area contributed by atoms with Gasteiger partial charge in [0.25, 0.3) is 0 Å². The Hall–Kier alpha value is 0.651. The molecular weight excluding hydrogens is 192 g/mol. The van der Waals surface area contributed by atoms with Gasteiger partial charge < -0.3 is 0 Å². The van der Waals surface area contributed by atoms with Crippen LogP contribution in [0.2, 0.25) is 51.9 Å². The maximum atomic E-state index is 4.22. The van der Waals surface area contributed by atoms with E-state index < -0.39 is 22.3 Å². The summed E-state index contributed by atoms with van der Waals surface area (Å²) in [7, 11) is -2.78. The fraction of sp³-hybridized carbons (Fsp3) is 0.889. The van der Waals surface area contributed by atoms with E-state index in [2.05, 4.69) is 52.8 Å². The molecule has 3 heteroatoms. The van der Waals surface area contributed by atoms with Crippen molar-refractivity contribution in [1.29, 1.82) is 0 Å². The van der Waals surface area contributed by atoms with Gasteiger partial charge in [0.15, 0.2) is 0 Å². The summed E-state index contributed by atoms with van der Waals surface area (Å²) < 4.78 is 0. The molecule has 0 aromatic rings. The van der Waals surface area contributed by atoms with Crippen LogP contribution in [0.3, 0.4) is 0 Å². The average molecular weight is 218 g/mol. The Morgan fingerprint density at radius 2 is 1.00 bits per heavy atom. The zero-order chi connectivity index (χ0) is 10.2. The molecule has 12 heavy (non-hydrogen) atoms. The topological polar surface area (TPSA) is 0 Å². The summed E-state index contributed by atoms with van der Waals surface area (Å²) in [5.74, 6) is 0. The molecule has 0 rings (SSSR count). The SMILES string of the molecule is [CH2]C[Si](C)([Si](C)(C)C)[Si](C)(C)C. The first-order valence-corrected chi connectivity index (χ1v) is 16.6. The predicted molar refractivity (Wildman–Crippen MR) is 68.5 cm³/mol. The third-order valence-corrected chi connectivity index (χ3v) is 46.3. The summed E-state index contributed by atoms with van der Waals surface area (Å²) in [6, 6.07) is 1.26. The minimum atomic E-state index is -0.960. The van der Waals surface area contributed by atoms with Crippen LogP contribution in [0, 0.1) is 6.92 Å². The summed E-state index contributed by atoms with van der Waals surface area (Å²) in [6.45, 7) is 22.1. The second kappa shape index (κ2) is 3.42. The summed E-state index contributed by atoms with van der Waals surface area (Å²) in [5, 5.41) is 0. The van der Waals surface area contributed by atoms with Crippen LogP contribution >= 0.6 is 0 Å². The summed E-state index contributed by atoms with van der Waals surface area (Å²) in [4.78, 5) is 0. The van der Waals surface area contributed by atoms with Gasteiger partial charge >= 0.3 is 0 Å². The number of hydrogen-bond acceptors (Lipinski definition) is 0. The summed E-state index contributed by atoms with van der Waals surface area (Å²) >= 11 is 0. The molecule has 0 amide bonds. The maximum Gasteiger partial charge on any atom is 0.0387 e. The van der Waals surface area contributed by atoms with E-state index in [1.54, 1.807) is 0 Å². The minimum absolute atomic E-state index is 0.908. The molecule has 0 aromatic carbocycles. The molecule has 0 bridgehead atoms. The number of hydrogen-bond donors (Lipinski definition) is 0. The van der Waals surface area contributed by atoms with Crippen LogP contribution in [0.25, 0.3) is 0 Å². The molecular formula is C9H25Si3. The molecule has 0 aromatic heterocycles. The molecule has 0 saturated heterocycles. The van der Waals surface area contributed by atoms with E-state index in [9.17, 15) is 0 Å². The van der Waals surface area contributed by atoms with Crippen molar-refractivity contribution in [2.24, 2.45) is 0 Å². The van der Waals surface area contributed by atoms with Gasteiger partial charge in [-0.2, -0.15) is 0 Å². The Morgan fingerprint density at radius 1 is 0.750 bits per heavy atom. The van der Waals surface area contributed by atoms with Gasteiger partial charge in [0.05, 0.1) is 0 Å². The van der Waals surface area contributed by atoms with Gasteiger partial charge in [-0.15, -0.1) is 0 Å². The lowest BCUT2D eigenvalue weighted by Crippen LogP contribution is -2.69. The molecule has 0 unspecified atom stereocenters. The molecule has 0 saturated carbocycles. The van der Waals surface area contributed by atoms with Crippen molar-refractivity contribution in [2.75, 3.05) is 0 Å². The van der Waals surface area contributed by atoms with Crippen molar-refractivity contribution in [3.05, 3.63) is 6.92 Å². The van der Waals surface area contributed by atoms with Gasteiger partial charge in [0.1, 0.15) is 0 Å². The van der Waals surface area contributed by atoms with Crippen LogP contribution < -0.4 is 0 Å². The van der Waals surface area contributed by atoms with Crippen LogP contribution in [-0.2, 0) is 0 Å². The second-order valence-corrected chi connectivity index (χ2v) is 35.4. The van der Waals surface area contributed by atoms with E-state index in [-0.39, 0.29) is 0 Å². The smallest absolute Gasteiger partial charge is 0.0387 e. The Kier molecular flexibility index (Phi) is 3.61. The molecule has 0 aliphatic rings. The van der Waals surface area contributed by atoms with Gasteiger partial charge in [0, 0.05) is 22.3 Å². The van der Waals surface area contributed by atoms with Gasteiger partial charge in [-0.05, 0) is 0 Å². The molecule has 0 nitrogen and oxygen atoms in total. The third kappa shape index (κ3) is 2.12. The normalized spacial score (nSPS) is 15.0. The monoisotopic (exact) mass is 217 g/mol. The van der Waals surface area contributed by atoms with Crippen molar-refractivity contribution in [3.63, 3.8) is 0 Å². The van der Waals surface area contributed by atoms with E-state index in [4.69, 9.17) is 0 Å². The summed E-state index contributed by atoms with van der Waals surface area (Å²) in [6.07, 6.45) is 0. The first kappa shape index (κ1) is 12.7. The van der Waals surface area contributed by atoms with Crippen LogP contribution in [0.5, 0.6) is 0 Å². The highest BCUT2D eigenvalue weighted by Gasteiger charge is 2.48. The molecule has 0 spiro atoms. The highest BCUT2D eigenvalue weighted by molar-refractivity contribution is 7.68. The molecule has 0 aliphatic carbocycles. The number of rotatable bonds is 3. The minimum Gasteiger partial charge on any atom is -0.0729 e. The summed E-state index contributed by atoms with van der Waals surface area (Å²) in [5.41, 5.74) is 0. The van der Waals surface area contributed by atoms with E-state index in [1.807, 2.05) is 0 Å². The highest BCUT2D eigenvalue weighted by Crippen LogP contribution is 2.31. The predicted octanol–water partition coefficient (Wildman–Crippen LogP) is 3.73. The first-order valence-electron chi connectivity index (χ1n) is 4.85. The van der Waals surface area contributed by atoms with Crippen molar-refractivity contribution in [1.82, 2.24) is 0 Å². The van der Waals surface area contributed by atoms with Gasteiger partial charge in [-0.25, -0.2) is 0 Å². The lowest BCUT2D eigenvalue weighted by Gasteiger charge is -2.47. The van der Waals surface area contributed by atoms with E-state index in [0.29, 0.717) is 0 Å².